The van der Waals surface area contributed by atoms with Crippen molar-refractivity contribution in [1.29, 1.82) is 0 Å². The monoisotopic (exact) mass is 960 g/mol. The molecular formula is C37H65LiN10O15S2. The van der Waals surface area contributed by atoms with Gasteiger partial charge in [0.25, 0.3) is 0 Å². The van der Waals surface area contributed by atoms with Gasteiger partial charge in [-0.3, -0.25) is 9.59 Å². The molecule has 366 valence electrons. The zero-order chi connectivity index (χ0) is 45.3. The molecule has 6 N–H and O–H groups in total. The van der Waals surface area contributed by atoms with Gasteiger partial charge < -0.3 is 74.5 Å². The quantitative estimate of drug-likeness (QED) is 0.0104. The molecule has 0 aliphatic carbocycles. The second-order valence-corrected chi connectivity index (χ2v) is 16.9. The third kappa shape index (κ3) is 25.7. The Morgan fingerprint density at radius 2 is 0.938 bits per heavy atom. The Kier molecular flexibility index (Phi) is 35.2. The maximum absolute atomic E-state index is 11.8. The van der Waals surface area contributed by atoms with Gasteiger partial charge in [0.15, 0.2) is 0 Å². The van der Waals surface area contributed by atoms with Crippen LogP contribution in [-0.2, 0) is 52.2 Å². The molecule has 65 heavy (non-hydrogen) atoms. The van der Waals surface area contributed by atoms with Gasteiger partial charge in [0.2, 0.25) is 0 Å². The maximum Gasteiger partial charge on any atom is 1.00 e. The van der Waals surface area contributed by atoms with Crippen LogP contribution in [0.2, 0.25) is 0 Å². The van der Waals surface area contributed by atoms with E-state index in [-0.39, 0.29) is 94.3 Å². The van der Waals surface area contributed by atoms with Crippen molar-refractivity contribution in [2.75, 3.05) is 113 Å². The first kappa shape index (κ1) is 60.1. The van der Waals surface area contributed by atoms with Crippen LogP contribution in [0.3, 0.4) is 0 Å². The third-order valence-corrected chi connectivity index (χ3v) is 12.9. The summed E-state index contributed by atoms with van der Waals surface area (Å²) in [5, 5.41) is 27.7. The van der Waals surface area contributed by atoms with E-state index in [2.05, 4.69) is 46.1 Å². The number of fused-ring (bicyclic) bond motifs is 2. The van der Waals surface area contributed by atoms with Gasteiger partial charge in [-0.2, -0.15) is 0 Å². The van der Waals surface area contributed by atoms with E-state index in [0.29, 0.717) is 118 Å². The van der Waals surface area contributed by atoms with Crippen LogP contribution in [0.15, 0.2) is 10.2 Å². The van der Waals surface area contributed by atoms with Crippen LogP contribution in [0.4, 0.5) is 9.59 Å². The number of urea groups is 2. The number of amides is 4. The number of ether oxygens (including phenoxy) is 9. The first-order valence-electron chi connectivity index (χ1n) is 21.2. The van der Waals surface area contributed by atoms with E-state index in [1.165, 1.54) is 7.11 Å². The number of hydrogen-bond donors (Lipinski definition) is 5. The molecule has 0 bridgehead atoms. The smallest absolute Gasteiger partial charge is 0.870 e. The van der Waals surface area contributed by atoms with Gasteiger partial charge in [0, 0.05) is 46.3 Å². The van der Waals surface area contributed by atoms with Crippen molar-refractivity contribution in [2.24, 2.45) is 10.2 Å². The van der Waals surface area contributed by atoms with Crippen LogP contribution >= 0.6 is 23.5 Å². The Labute approximate surface area is 399 Å². The van der Waals surface area contributed by atoms with E-state index < -0.39 is 5.97 Å². The summed E-state index contributed by atoms with van der Waals surface area (Å²) < 4.78 is 48.8. The number of thioether (sulfide) groups is 2. The van der Waals surface area contributed by atoms with E-state index in [9.17, 15) is 19.2 Å². The van der Waals surface area contributed by atoms with Crippen molar-refractivity contribution in [3.63, 3.8) is 0 Å². The number of nitrogens with zero attached hydrogens (tertiary/aromatic N) is 6. The Morgan fingerprint density at radius 1 is 0.585 bits per heavy atom. The third-order valence-electron chi connectivity index (χ3n) is 9.75. The number of carboxylic acids is 1. The predicted octanol–water partition coefficient (Wildman–Crippen LogP) is -0.0852. The SMILES string of the molecule is COC(=O)CCCC[C@@H]1S[C@@H](OCCOCCOCCOCCN=[N+]=[N-])[C@@H]2NC(=O)N[C@@H]21.[Li+].[N-]=[N+]=NCCOCCOCCOCCO[C@@H]1S[C@@H](CCCCC(=O)O)[C@H]2NC(=O)N[C@H]21.[OH-]. The summed E-state index contributed by atoms with van der Waals surface area (Å²) in [5.74, 6) is -0.977. The second kappa shape index (κ2) is 38.1. The van der Waals surface area contributed by atoms with Crippen molar-refractivity contribution < 1.29 is 91.3 Å². The number of carboxylic acid groups (broad SMARTS) is 1. The van der Waals surface area contributed by atoms with E-state index >= 15 is 0 Å². The predicted molar refractivity (Wildman–Crippen MR) is 232 cm³/mol. The van der Waals surface area contributed by atoms with Gasteiger partial charge in [-0.25, -0.2) is 9.59 Å². The summed E-state index contributed by atoms with van der Waals surface area (Å²) in [7, 11) is 1.39. The Bertz CT molecular complexity index is 1450. The van der Waals surface area contributed by atoms with Gasteiger partial charge in [0.05, 0.1) is 124 Å². The summed E-state index contributed by atoms with van der Waals surface area (Å²) >= 11 is 3.40. The molecule has 0 saturated carbocycles. The molecule has 0 aromatic heterocycles. The van der Waals surface area contributed by atoms with Crippen LogP contribution in [0.25, 0.3) is 20.9 Å². The van der Waals surface area contributed by atoms with Crippen molar-refractivity contribution in [3.8, 4) is 0 Å². The van der Waals surface area contributed by atoms with Crippen LogP contribution in [0, 0.1) is 0 Å². The standard InChI is InChI=1S/C19H33N5O7S.C18H31N5O7S.Li.H2O/c1-27-15(25)5-3-2-4-14-16-17(23-19(26)22-16)18(32-14)31-13-12-30-11-10-29-9-8-28-7-6-21-24-20;19-23-20-5-6-27-7-8-28-9-10-29-11-12-30-17-16-15(21-18(26)22-16)13(31-17)3-1-2-4-14(24)25;;/h14,16-18H,2-13H2,1H3,(H2,22,23,26);13,15-17H,1-12H2,(H,24,25)(H2,21,22,26);;1H2/q;;+1;/p-1/t14-,16+,17+,18+;13-,15+,16+,17+;;/m00../s1. The summed E-state index contributed by atoms with van der Waals surface area (Å²) in [4.78, 5) is 50.7. The molecular weight excluding hydrogens is 896 g/mol. The Balaban J connectivity index is 0.000000631. The number of carbonyl (C=O) groups excluding carboxylic acids is 3. The number of nitrogens with one attached hydrogen (secondary N) is 4. The van der Waals surface area contributed by atoms with Gasteiger partial charge in [-0.1, -0.05) is 23.1 Å². The largest absolute Gasteiger partial charge is 1.00 e. The number of methoxy groups -OCH3 is 1. The van der Waals surface area contributed by atoms with Crippen LogP contribution in [-0.4, -0.2) is 193 Å². The van der Waals surface area contributed by atoms with Gasteiger partial charge >= 0.3 is 42.9 Å². The fraction of sp³-hybridized carbons (Fsp3) is 0.892. The average molecular weight is 961 g/mol. The first-order chi connectivity index (χ1) is 30.8. The molecule has 28 heteroatoms. The molecule has 0 aromatic carbocycles. The van der Waals surface area contributed by atoms with E-state index in [1.807, 2.05) is 0 Å². The van der Waals surface area contributed by atoms with E-state index in [1.54, 1.807) is 23.5 Å². The molecule has 4 fully saturated rings. The molecule has 4 aliphatic heterocycles. The van der Waals surface area contributed by atoms with E-state index in [0.717, 1.165) is 32.1 Å². The average Bonchev–Trinajstić information content (AvgIpc) is 4.02. The molecule has 0 unspecified atom stereocenters. The van der Waals surface area contributed by atoms with Crippen LogP contribution in [0.5, 0.6) is 0 Å². The molecule has 0 aromatic rings. The van der Waals surface area contributed by atoms with Crippen LogP contribution in [0.1, 0.15) is 51.4 Å². The van der Waals surface area contributed by atoms with Gasteiger partial charge in [-0.05, 0) is 36.7 Å². The molecule has 0 radical (unpaired) electrons. The molecule has 4 saturated heterocycles. The minimum atomic E-state index is -0.782. The summed E-state index contributed by atoms with van der Waals surface area (Å²) in [6.07, 6.45) is 5.41. The minimum Gasteiger partial charge on any atom is -0.870 e. The normalized spacial score (nSPS) is 23.3. The fourth-order valence-electron chi connectivity index (χ4n) is 6.80. The molecule has 25 nitrogen and oxygen atoms in total. The molecule has 4 amide bonds. The zero-order valence-electron chi connectivity index (χ0n) is 37.3. The van der Waals surface area contributed by atoms with E-state index in [4.69, 9.17) is 54.1 Å². The molecule has 4 aliphatic rings. The second-order valence-electron chi connectivity index (χ2n) is 14.2. The number of hydrogen-bond acceptors (Lipinski definition) is 18. The minimum absolute atomic E-state index is 0. The molecule has 4 heterocycles. The molecule has 8 atom stereocenters. The summed E-state index contributed by atoms with van der Waals surface area (Å²) in [5.41, 5.74) is 16.0. The number of carbonyl (C=O) groups is 4. The molecule has 4 rings (SSSR count). The van der Waals surface area contributed by atoms with Gasteiger partial charge in [-0.15, -0.1) is 23.5 Å². The summed E-state index contributed by atoms with van der Waals surface area (Å²) in [6, 6.07) is -0.489. The molecule has 0 spiro atoms. The number of azide groups is 2. The van der Waals surface area contributed by atoms with Crippen LogP contribution < -0.4 is 40.1 Å². The first-order valence-corrected chi connectivity index (χ1v) is 23.1. The van der Waals surface area contributed by atoms with Crippen molar-refractivity contribution in [2.45, 2.75) is 96.9 Å². The zero-order valence-corrected chi connectivity index (χ0v) is 38.9. The number of aliphatic carboxylic acids is 1. The number of unbranched alkanes of at least 4 members (excludes halogenated alkanes) is 2. The van der Waals surface area contributed by atoms with Crippen molar-refractivity contribution in [3.05, 3.63) is 20.9 Å². The Morgan fingerprint density at radius 3 is 1.31 bits per heavy atom. The van der Waals surface area contributed by atoms with Crippen molar-refractivity contribution in [1.82, 2.24) is 21.3 Å². The maximum atomic E-state index is 11.8. The number of esters is 1. The fourth-order valence-corrected chi connectivity index (χ4v) is 10.1. The number of rotatable bonds is 36. The summed E-state index contributed by atoms with van der Waals surface area (Å²) in [6.45, 7) is 6.63. The van der Waals surface area contributed by atoms with Crippen molar-refractivity contribution >= 4 is 47.5 Å². The van der Waals surface area contributed by atoms with Gasteiger partial charge in [0.1, 0.15) is 10.9 Å². The Hall–Kier alpha value is -2.96. The topological polar surface area (TPSA) is 347 Å².